The summed E-state index contributed by atoms with van der Waals surface area (Å²) in [4.78, 5) is 1.54. The predicted molar refractivity (Wildman–Crippen MR) is 76.5 cm³/mol. The van der Waals surface area contributed by atoms with Crippen LogP contribution in [0.4, 0.5) is 0 Å². The molecule has 0 spiro atoms. The first-order valence-electron chi connectivity index (χ1n) is 6.05. The molecular weight excluding hydrogens is 298 g/mol. The van der Waals surface area contributed by atoms with Crippen molar-refractivity contribution < 1.29 is 4.74 Å². The van der Waals surface area contributed by atoms with Crippen LogP contribution in [0.1, 0.15) is 35.7 Å². The second kappa shape index (κ2) is 6.57. The molecule has 0 radical (unpaired) electrons. The van der Waals surface area contributed by atoms with Gasteiger partial charge in [0, 0.05) is 10.9 Å². The molecule has 1 aliphatic carbocycles. The van der Waals surface area contributed by atoms with Gasteiger partial charge >= 0.3 is 0 Å². The van der Waals surface area contributed by atoms with Crippen LogP contribution in [0.5, 0.6) is 0 Å². The van der Waals surface area contributed by atoms with Gasteiger partial charge in [-0.3, -0.25) is 0 Å². The number of hydrogen-bond donors (Lipinski definition) is 1. The highest BCUT2D eigenvalue weighted by atomic mass is 79.9. The zero-order valence-electron chi connectivity index (χ0n) is 9.88. The Kier molecular flexibility index (Phi) is 5.07. The fourth-order valence-corrected chi connectivity index (χ4v) is 4.07. The van der Waals surface area contributed by atoms with Crippen LogP contribution in [0.25, 0.3) is 0 Å². The largest absolute Gasteiger partial charge is 0.502 e. The lowest BCUT2D eigenvalue weighted by Gasteiger charge is -2.23. The van der Waals surface area contributed by atoms with Gasteiger partial charge in [0.1, 0.15) is 0 Å². The van der Waals surface area contributed by atoms with Crippen molar-refractivity contribution in [1.82, 2.24) is 5.32 Å². The van der Waals surface area contributed by atoms with E-state index in [0.717, 1.165) is 19.6 Å². The maximum absolute atomic E-state index is 5.11. The minimum atomic E-state index is 0.532. The summed E-state index contributed by atoms with van der Waals surface area (Å²) < 4.78 is 6.37. The van der Waals surface area contributed by atoms with Crippen LogP contribution in [0.2, 0.25) is 0 Å². The number of ether oxygens (including phenoxy) is 1. The molecule has 1 unspecified atom stereocenters. The topological polar surface area (TPSA) is 21.3 Å². The minimum Gasteiger partial charge on any atom is -0.502 e. The van der Waals surface area contributed by atoms with Crippen LogP contribution in [-0.4, -0.2) is 13.2 Å². The third-order valence-corrected chi connectivity index (χ3v) is 4.74. The molecular formula is C13H18BrNOS. The monoisotopic (exact) mass is 315 g/mol. The van der Waals surface area contributed by atoms with Crippen molar-refractivity contribution in [3.05, 3.63) is 33.1 Å². The Bertz CT molecular complexity index is 377. The van der Waals surface area contributed by atoms with E-state index in [0.29, 0.717) is 6.04 Å². The van der Waals surface area contributed by atoms with Gasteiger partial charge in [-0.2, -0.15) is 0 Å². The van der Waals surface area contributed by atoms with Crippen molar-refractivity contribution in [2.45, 2.75) is 31.7 Å². The normalized spacial score (nSPS) is 18.8. The fourth-order valence-electron chi connectivity index (χ4n) is 2.25. The first kappa shape index (κ1) is 13.1. The van der Waals surface area contributed by atoms with Gasteiger partial charge in [-0.15, -0.1) is 11.3 Å². The molecule has 0 bridgehead atoms. The van der Waals surface area contributed by atoms with Crippen LogP contribution in [-0.2, 0) is 11.2 Å². The fraction of sp³-hybridized carbons (Fsp3) is 0.538. The number of thiophene rings is 1. The number of halogens is 1. The molecule has 94 valence electrons. The average Bonchev–Trinajstić information content (AvgIpc) is 2.70. The standard InChI is InChI=1S/C13H18BrNOS/c1-2-16-8-4-7-15-11-5-3-6-12-10(11)9-13(14)17-12/h2,9,11,15H,1,3-8H2. The van der Waals surface area contributed by atoms with Crippen LogP contribution >= 0.6 is 27.3 Å². The number of fused-ring (bicyclic) bond motifs is 1. The zero-order chi connectivity index (χ0) is 12.1. The van der Waals surface area contributed by atoms with E-state index < -0.39 is 0 Å². The average molecular weight is 316 g/mol. The molecule has 1 N–H and O–H groups in total. The smallest absolute Gasteiger partial charge is 0.0885 e. The van der Waals surface area contributed by atoms with Crippen LogP contribution in [0.3, 0.4) is 0 Å². The lowest BCUT2D eigenvalue weighted by Crippen LogP contribution is -2.25. The summed E-state index contributed by atoms with van der Waals surface area (Å²) in [6.45, 7) is 5.29. The van der Waals surface area contributed by atoms with Gasteiger partial charge in [-0.05, 0) is 59.8 Å². The van der Waals surface area contributed by atoms with E-state index in [2.05, 4.69) is 33.9 Å². The van der Waals surface area contributed by atoms with Crippen LogP contribution in [0, 0.1) is 0 Å². The Morgan fingerprint density at radius 3 is 3.35 bits per heavy atom. The molecule has 2 rings (SSSR count). The predicted octanol–water partition coefficient (Wildman–Crippen LogP) is 4.03. The highest BCUT2D eigenvalue weighted by Crippen LogP contribution is 2.37. The van der Waals surface area contributed by atoms with Crippen molar-refractivity contribution in [2.75, 3.05) is 13.2 Å². The van der Waals surface area contributed by atoms with Gasteiger partial charge in [-0.25, -0.2) is 0 Å². The SMILES string of the molecule is C=COCCCNC1CCCc2sc(Br)cc21. The van der Waals surface area contributed by atoms with Crippen LogP contribution < -0.4 is 5.32 Å². The van der Waals surface area contributed by atoms with E-state index in [-0.39, 0.29) is 0 Å². The molecule has 0 amide bonds. The first-order valence-corrected chi connectivity index (χ1v) is 7.66. The highest BCUT2D eigenvalue weighted by Gasteiger charge is 2.21. The third kappa shape index (κ3) is 3.57. The summed E-state index contributed by atoms with van der Waals surface area (Å²) in [5.74, 6) is 0. The summed E-state index contributed by atoms with van der Waals surface area (Å²) in [5.41, 5.74) is 1.50. The lowest BCUT2D eigenvalue weighted by atomic mass is 9.94. The second-order valence-electron chi connectivity index (χ2n) is 4.22. The van der Waals surface area contributed by atoms with Crippen molar-refractivity contribution in [2.24, 2.45) is 0 Å². The molecule has 1 heterocycles. The molecule has 0 saturated carbocycles. The van der Waals surface area contributed by atoms with Gasteiger partial charge in [-0.1, -0.05) is 6.58 Å². The summed E-state index contributed by atoms with van der Waals surface area (Å²) in [6, 6.07) is 2.81. The van der Waals surface area contributed by atoms with Crippen molar-refractivity contribution in [3.63, 3.8) is 0 Å². The van der Waals surface area contributed by atoms with Gasteiger partial charge in [0.15, 0.2) is 0 Å². The van der Waals surface area contributed by atoms with E-state index in [9.17, 15) is 0 Å². The van der Waals surface area contributed by atoms with Gasteiger partial charge in [0.2, 0.25) is 0 Å². The molecule has 17 heavy (non-hydrogen) atoms. The van der Waals surface area contributed by atoms with Crippen molar-refractivity contribution >= 4 is 27.3 Å². The highest BCUT2D eigenvalue weighted by molar-refractivity contribution is 9.11. The molecule has 1 atom stereocenters. The van der Waals surface area contributed by atoms with Crippen molar-refractivity contribution in [1.29, 1.82) is 0 Å². The van der Waals surface area contributed by atoms with Crippen molar-refractivity contribution in [3.8, 4) is 0 Å². The third-order valence-electron chi connectivity index (χ3n) is 3.03. The summed E-state index contributed by atoms with van der Waals surface area (Å²) in [5, 5.41) is 3.62. The maximum atomic E-state index is 5.11. The zero-order valence-corrected chi connectivity index (χ0v) is 12.3. The van der Waals surface area contributed by atoms with Crippen LogP contribution in [0.15, 0.2) is 22.7 Å². The molecule has 1 aromatic rings. The number of hydrogen-bond acceptors (Lipinski definition) is 3. The van der Waals surface area contributed by atoms with E-state index in [1.165, 1.54) is 34.9 Å². The summed E-state index contributed by atoms with van der Waals surface area (Å²) in [7, 11) is 0. The number of aryl methyl sites for hydroxylation is 1. The quantitative estimate of drug-likeness (QED) is 0.632. The Morgan fingerprint density at radius 1 is 1.65 bits per heavy atom. The molecule has 2 nitrogen and oxygen atoms in total. The molecule has 4 heteroatoms. The Labute approximate surface area is 115 Å². The van der Waals surface area contributed by atoms with E-state index in [4.69, 9.17) is 4.74 Å². The Morgan fingerprint density at radius 2 is 2.53 bits per heavy atom. The minimum absolute atomic E-state index is 0.532. The molecule has 1 aromatic heterocycles. The Hall–Kier alpha value is -0.320. The first-order chi connectivity index (χ1) is 8.31. The lowest BCUT2D eigenvalue weighted by molar-refractivity contribution is 0.242. The summed E-state index contributed by atoms with van der Waals surface area (Å²) in [6.07, 6.45) is 6.32. The maximum Gasteiger partial charge on any atom is 0.0885 e. The molecule has 0 saturated heterocycles. The van der Waals surface area contributed by atoms with E-state index >= 15 is 0 Å². The second-order valence-corrected chi connectivity index (χ2v) is 6.73. The number of rotatable bonds is 6. The van der Waals surface area contributed by atoms with Gasteiger partial charge < -0.3 is 10.1 Å². The Balaban J connectivity index is 1.83. The molecule has 0 aliphatic heterocycles. The van der Waals surface area contributed by atoms with Gasteiger partial charge in [0.05, 0.1) is 16.7 Å². The molecule has 1 aliphatic rings. The number of nitrogens with one attached hydrogen (secondary N) is 1. The molecule has 0 fully saturated rings. The van der Waals surface area contributed by atoms with E-state index in [1.807, 2.05) is 11.3 Å². The van der Waals surface area contributed by atoms with Gasteiger partial charge in [0.25, 0.3) is 0 Å². The molecule has 0 aromatic carbocycles. The van der Waals surface area contributed by atoms with E-state index in [1.54, 1.807) is 4.88 Å². The summed E-state index contributed by atoms with van der Waals surface area (Å²) >= 11 is 5.46.